The minimum Gasteiger partial charge on any atom is -0.496 e. The van der Waals surface area contributed by atoms with Crippen LogP contribution in [0.5, 0.6) is 11.5 Å². The van der Waals surface area contributed by atoms with Crippen LogP contribution in [0, 0.1) is 0 Å². The van der Waals surface area contributed by atoms with Crippen molar-refractivity contribution in [3.63, 3.8) is 0 Å². The number of hydrogen-bond donors (Lipinski definition) is 1. The van der Waals surface area contributed by atoms with Crippen molar-refractivity contribution in [3.8, 4) is 11.5 Å². The molecule has 0 aromatic heterocycles. The third-order valence-electron chi connectivity index (χ3n) is 4.29. The van der Waals surface area contributed by atoms with E-state index in [-0.39, 0.29) is 5.54 Å². The van der Waals surface area contributed by atoms with Crippen molar-refractivity contribution in [2.24, 2.45) is 5.73 Å². The highest BCUT2D eigenvalue weighted by Crippen LogP contribution is 2.43. The van der Waals surface area contributed by atoms with Gasteiger partial charge in [0, 0.05) is 23.1 Å². The predicted octanol–water partition coefficient (Wildman–Crippen LogP) is 2.75. The Morgan fingerprint density at radius 3 is 2.72 bits per heavy atom. The van der Waals surface area contributed by atoms with Gasteiger partial charge < -0.3 is 15.2 Å². The Hall–Kier alpha value is -1.22. The quantitative estimate of drug-likeness (QED) is 0.874. The molecule has 1 heterocycles. The van der Waals surface area contributed by atoms with Gasteiger partial charge in [-0.05, 0) is 25.0 Å². The van der Waals surface area contributed by atoms with Crippen LogP contribution in [0.4, 0.5) is 0 Å². The minimum absolute atomic E-state index is 0.232. The molecule has 2 N–H and O–H groups in total. The van der Waals surface area contributed by atoms with Gasteiger partial charge in [-0.15, -0.1) is 0 Å². The van der Waals surface area contributed by atoms with Crippen LogP contribution < -0.4 is 15.2 Å². The highest BCUT2D eigenvalue weighted by molar-refractivity contribution is 5.51. The van der Waals surface area contributed by atoms with E-state index in [1.165, 1.54) is 24.8 Å². The zero-order valence-corrected chi connectivity index (χ0v) is 11.0. The molecule has 1 aliphatic heterocycles. The van der Waals surface area contributed by atoms with Crippen LogP contribution >= 0.6 is 0 Å². The topological polar surface area (TPSA) is 44.5 Å². The third-order valence-corrected chi connectivity index (χ3v) is 4.29. The highest BCUT2D eigenvalue weighted by Gasteiger charge is 2.33. The predicted molar refractivity (Wildman–Crippen MR) is 71.1 cm³/mol. The van der Waals surface area contributed by atoms with Crippen molar-refractivity contribution in [2.45, 2.75) is 44.1 Å². The summed E-state index contributed by atoms with van der Waals surface area (Å²) in [5, 5.41) is 0. The second kappa shape index (κ2) is 4.47. The fourth-order valence-electron chi connectivity index (χ4n) is 3.21. The van der Waals surface area contributed by atoms with Gasteiger partial charge in [0.1, 0.15) is 11.5 Å². The molecule has 0 amide bonds. The number of ether oxygens (including phenoxy) is 2. The van der Waals surface area contributed by atoms with E-state index in [9.17, 15) is 0 Å². The number of methoxy groups -OCH3 is 1. The van der Waals surface area contributed by atoms with Gasteiger partial charge in [0.15, 0.2) is 0 Å². The molecular weight excluding hydrogens is 226 g/mol. The fraction of sp³-hybridized carbons (Fsp3) is 0.600. The number of nitrogens with two attached hydrogens (primary N) is 1. The Kier molecular flexibility index (Phi) is 2.94. The van der Waals surface area contributed by atoms with Gasteiger partial charge in [-0.1, -0.05) is 19.3 Å². The standard InChI is InChI=1S/C15H21NO2/c1-17-14-9-11-5-8-18-13(11)10-12(14)15(16)6-3-2-4-7-15/h9-10H,2-8,16H2,1H3. The summed E-state index contributed by atoms with van der Waals surface area (Å²) in [6, 6.07) is 4.23. The lowest BCUT2D eigenvalue weighted by molar-refractivity contribution is 0.287. The van der Waals surface area contributed by atoms with Crippen LogP contribution in [0.3, 0.4) is 0 Å². The second-order valence-electron chi connectivity index (χ2n) is 5.48. The molecule has 1 aromatic carbocycles. The lowest BCUT2D eigenvalue weighted by atomic mass is 9.77. The molecule has 0 atom stereocenters. The smallest absolute Gasteiger partial charge is 0.124 e. The Balaban J connectivity index is 2.04. The first kappa shape index (κ1) is 11.8. The van der Waals surface area contributed by atoms with E-state index in [1.807, 2.05) is 0 Å². The zero-order chi connectivity index (χ0) is 12.6. The van der Waals surface area contributed by atoms with E-state index >= 15 is 0 Å². The van der Waals surface area contributed by atoms with Gasteiger partial charge in [-0.25, -0.2) is 0 Å². The maximum atomic E-state index is 6.62. The van der Waals surface area contributed by atoms with Gasteiger partial charge in [-0.3, -0.25) is 0 Å². The molecule has 3 rings (SSSR count). The van der Waals surface area contributed by atoms with E-state index in [0.717, 1.165) is 42.9 Å². The Morgan fingerprint density at radius 2 is 2.00 bits per heavy atom. The molecule has 3 heteroatoms. The molecule has 1 fully saturated rings. The summed E-state index contributed by atoms with van der Waals surface area (Å²) in [6.45, 7) is 0.777. The van der Waals surface area contributed by atoms with E-state index < -0.39 is 0 Å². The normalized spacial score (nSPS) is 21.2. The lowest BCUT2D eigenvalue weighted by Crippen LogP contribution is -2.38. The van der Waals surface area contributed by atoms with Gasteiger partial charge in [0.2, 0.25) is 0 Å². The van der Waals surface area contributed by atoms with Crippen LogP contribution in [-0.2, 0) is 12.0 Å². The molecule has 0 bridgehead atoms. The molecule has 0 spiro atoms. The summed E-state index contributed by atoms with van der Waals surface area (Å²) in [7, 11) is 1.73. The first-order chi connectivity index (χ1) is 8.73. The molecule has 98 valence electrons. The number of hydrogen-bond acceptors (Lipinski definition) is 3. The Morgan fingerprint density at radius 1 is 1.22 bits per heavy atom. The molecule has 2 aliphatic rings. The average molecular weight is 247 g/mol. The summed E-state index contributed by atoms with van der Waals surface area (Å²) < 4.78 is 11.2. The van der Waals surface area contributed by atoms with Crippen LogP contribution in [0.15, 0.2) is 12.1 Å². The highest BCUT2D eigenvalue weighted by atomic mass is 16.5. The summed E-state index contributed by atoms with van der Waals surface area (Å²) in [4.78, 5) is 0. The van der Waals surface area contributed by atoms with E-state index in [2.05, 4.69) is 12.1 Å². The molecule has 3 nitrogen and oxygen atoms in total. The molecule has 1 saturated carbocycles. The number of rotatable bonds is 2. The van der Waals surface area contributed by atoms with Crippen molar-refractivity contribution in [3.05, 3.63) is 23.3 Å². The molecule has 1 aromatic rings. The fourth-order valence-corrected chi connectivity index (χ4v) is 3.21. The zero-order valence-electron chi connectivity index (χ0n) is 11.0. The minimum atomic E-state index is -0.232. The van der Waals surface area contributed by atoms with Gasteiger partial charge in [-0.2, -0.15) is 0 Å². The monoisotopic (exact) mass is 247 g/mol. The first-order valence-electron chi connectivity index (χ1n) is 6.86. The van der Waals surface area contributed by atoms with E-state index in [4.69, 9.17) is 15.2 Å². The number of fused-ring (bicyclic) bond motifs is 1. The SMILES string of the molecule is COc1cc2c(cc1C1(N)CCCCC1)OCC2. The molecule has 0 saturated heterocycles. The summed E-state index contributed by atoms with van der Waals surface area (Å²) in [6.07, 6.45) is 6.77. The van der Waals surface area contributed by atoms with Gasteiger partial charge in [0.25, 0.3) is 0 Å². The van der Waals surface area contributed by atoms with Crippen molar-refractivity contribution >= 4 is 0 Å². The molecule has 0 radical (unpaired) electrons. The second-order valence-corrected chi connectivity index (χ2v) is 5.48. The van der Waals surface area contributed by atoms with Gasteiger partial charge >= 0.3 is 0 Å². The summed E-state index contributed by atoms with van der Waals surface area (Å²) >= 11 is 0. The van der Waals surface area contributed by atoms with E-state index in [1.54, 1.807) is 7.11 Å². The van der Waals surface area contributed by atoms with Crippen LogP contribution in [0.1, 0.15) is 43.2 Å². The largest absolute Gasteiger partial charge is 0.496 e. The Labute approximate surface area is 108 Å². The van der Waals surface area contributed by atoms with Crippen molar-refractivity contribution in [1.82, 2.24) is 0 Å². The molecular formula is C15H21NO2. The first-order valence-corrected chi connectivity index (χ1v) is 6.86. The lowest BCUT2D eigenvalue weighted by Gasteiger charge is -2.35. The third kappa shape index (κ3) is 1.87. The summed E-state index contributed by atoms with van der Waals surface area (Å²) in [5.74, 6) is 1.94. The molecule has 0 unspecified atom stereocenters. The molecule has 18 heavy (non-hydrogen) atoms. The average Bonchev–Trinajstić information content (AvgIpc) is 2.85. The number of benzene rings is 1. The van der Waals surface area contributed by atoms with Crippen molar-refractivity contribution < 1.29 is 9.47 Å². The van der Waals surface area contributed by atoms with Crippen LogP contribution in [-0.4, -0.2) is 13.7 Å². The van der Waals surface area contributed by atoms with Crippen molar-refractivity contribution in [1.29, 1.82) is 0 Å². The van der Waals surface area contributed by atoms with Crippen LogP contribution in [0.2, 0.25) is 0 Å². The van der Waals surface area contributed by atoms with Gasteiger partial charge in [0.05, 0.1) is 13.7 Å². The molecule has 1 aliphatic carbocycles. The maximum absolute atomic E-state index is 6.62. The van der Waals surface area contributed by atoms with Crippen molar-refractivity contribution in [2.75, 3.05) is 13.7 Å². The van der Waals surface area contributed by atoms with E-state index in [0.29, 0.717) is 0 Å². The maximum Gasteiger partial charge on any atom is 0.124 e. The Bertz CT molecular complexity index is 450. The van der Waals surface area contributed by atoms with Crippen LogP contribution in [0.25, 0.3) is 0 Å². The summed E-state index contributed by atoms with van der Waals surface area (Å²) in [5.41, 5.74) is 8.76.